The number of hydrogen-bond donors (Lipinski definition) is 1. The largest absolute Gasteiger partial charge is 0.326 e. The number of halogens is 1. The summed E-state index contributed by atoms with van der Waals surface area (Å²) in [4.78, 5) is 0.753. The molecule has 6 heteroatoms. The van der Waals surface area contributed by atoms with E-state index in [9.17, 15) is 4.39 Å². The number of thiazole rings is 1. The molecule has 21 heavy (non-hydrogen) atoms. The molecule has 2 aromatic heterocycles. The molecule has 0 spiro atoms. The first-order valence-electron chi connectivity index (χ1n) is 6.49. The van der Waals surface area contributed by atoms with Crippen molar-refractivity contribution in [1.82, 2.24) is 14.6 Å². The number of rotatable bonds is 2. The van der Waals surface area contributed by atoms with Crippen molar-refractivity contribution in [2.24, 2.45) is 5.73 Å². The van der Waals surface area contributed by atoms with E-state index in [1.807, 2.05) is 28.7 Å². The molecule has 0 aliphatic carbocycles. The maximum absolute atomic E-state index is 13.3. The Hall–Kier alpha value is -2.31. The van der Waals surface area contributed by atoms with Crippen molar-refractivity contribution >= 4 is 26.5 Å². The lowest BCUT2D eigenvalue weighted by Gasteiger charge is -2.02. The van der Waals surface area contributed by atoms with Gasteiger partial charge in [0.1, 0.15) is 5.82 Å². The van der Waals surface area contributed by atoms with Crippen LogP contribution in [0.4, 0.5) is 4.39 Å². The summed E-state index contributed by atoms with van der Waals surface area (Å²) in [6, 6.07) is 12.6. The Labute approximate surface area is 123 Å². The van der Waals surface area contributed by atoms with Crippen LogP contribution in [0.15, 0.2) is 42.5 Å². The van der Waals surface area contributed by atoms with Gasteiger partial charge in [-0.15, -0.1) is 10.2 Å². The van der Waals surface area contributed by atoms with E-state index in [1.165, 1.54) is 23.5 Å². The normalized spacial score (nSPS) is 11.5. The molecule has 4 rings (SSSR count). The first kappa shape index (κ1) is 12.4. The Kier molecular flexibility index (Phi) is 2.73. The smallest absolute Gasteiger partial charge is 0.217 e. The first-order chi connectivity index (χ1) is 10.3. The number of fused-ring (bicyclic) bond motifs is 3. The second kappa shape index (κ2) is 4.61. The number of aromatic nitrogens is 3. The SMILES string of the molecule is NCc1cccc(-c2nnc3sc4cc(F)ccc4n23)c1. The summed E-state index contributed by atoms with van der Waals surface area (Å²) in [6.45, 7) is 0.478. The van der Waals surface area contributed by atoms with Crippen molar-refractivity contribution in [3.05, 3.63) is 53.8 Å². The summed E-state index contributed by atoms with van der Waals surface area (Å²) >= 11 is 1.43. The predicted molar refractivity (Wildman–Crippen MR) is 81.7 cm³/mol. The Morgan fingerprint density at radius 2 is 2.05 bits per heavy atom. The van der Waals surface area contributed by atoms with Gasteiger partial charge in [0.15, 0.2) is 5.82 Å². The molecule has 0 saturated heterocycles. The fraction of sp³-hybridized carbons (Fsp3) is 0.0667. The molecule has 4 aromatic rings. The van der Waals surface area contributed by atoms with Gasteiger partial charge in [-0.05, 0) is 29.8 Å². The highest BCUT2D eigenvalue weighted by molar-refractivity contribution is 7.23. The second-order valence-corrected chi connectivity index (χ2v) is 5.77. The maximum Gasteiger partial charge on any atom is 0.217 e. The van der Waals surface area contributed by atoms with Crippen LogP contribution in [-0.4, -0.2) is 14.6 Å². The highest BCUT2D eigenvalue weighted by atomic mass is 32.1. The Balaban J connectivity index is 2.02. The minimum absolute atomic E-state index is 0.244. The molecular formula is C15H11FN4S. The van der Waals surface area contributed by atoms with Crippen LogP contribution >= 0.6 is 11.3 Å². The molecular weight excluding hydrogens is 287 g/mol. The Bertz CT molecular complexity index is 957. The molecule has 0 saturated carbocycles. The quantitative estimate of drug-likeness (QED) is 0.618. The molecule has 0 aliphatic heterocycles. The number of benzene rings is 2. The zero-order chi connectivity index (χ0) is 14.4. The van der Waals surface area contributed by atoms with Crippen molar-refractivity contribution in [1.29, 1.82) is 0 Å². The standard InChI is InChI=1S/C15H11FN4S/c16-11-4-5-12-13(7-11)21-15-19-18-14(20(12)15)10-3-1-2-9(6-10)8-17/h1-7H,8,17H2. The van der Waals surface area contributed by atoms with Gasteiger partial charge in [-0.3, -0.25) is 4.40 Å². The summed E-state index contributed by atoms with van der Waals surface area (Å²) in [7, 11) is 0. The van der Waals surface area contributed by atoms with Crippen molar-refractivity contribution in [3.8, 4) is 11.4 Å². The van der Waals surface area contributed by atoms with Gasteiger partial charge in [-0.2, -0.15) is 0 Å². The molecule has 0 aliphatic rings. The fourth-order valence-corrected chi connectivity index (χ4v) is 3.42. The van der Waals surface area contributed by atoms with E-state index in [2.05, 4.69) is 10.2 Å². The zero-order valence-corrected chi connectivity index (χ0v) is 11.8. The molecule has 0 fully saturated rings. The van der Waals surface area contributed by atoms with E-state index in [0.29, 0.717) is 6.54 Å². The van der Waals surface area contributed by atoms with Crippen LogP contribution in [0.2, 0.25) is 0 Å². The molecule has 0 amide bonds. The lowest BCUT2D eigenvalue weighted by Crippen LogP contribution is -1.96. The molecule has 0 bridgehead atoms. The Morgan fingerprint density at radius 3 is 2.90 bits per heavy atom. The van der Waals surface area contributed by atoms with Crippen molar-refractivity contribution in [2.45, 2.75) is 6.54 Å². The van der Waals surface area contributed by atoms with Crippen LogP contribution in [0.1, 0.15) is 5.56 Å². The Morgan fingerprint density at radius 1 is 1.14 bits per heavy atom. The van der Waals surface area contributed by atoms with E-state index >= 15 is 0 Å². The van der Waals surface area contributed by atoms with E-state index in [0.717, 1.165) is 32.1 Å². The molecule has 2 N–H and O–H groups in total. The molecule has 4 nitrogen and oxygen atoms in total. The van der Waals surface area contributed by atoms with Crippen LogP contribution in [0, 0.1) is 5.82 Å². The molecule has 2 heterocycles. The third-order valence-electron chi connectivity index (χ3n) is 3.42. The average molecular weight is 298 g/mol. The van der Waals surface area contributed by atoms with E-state index < -0.39 is 0 Å². The second-order valence-electron chi connectivity index (χ2n) is 4.76. The third-order valence-corrected chi connectivity index (χ3v) is 4.41. The summed E-state index contributed by atoms with van der Waals surface area (Å²) in [5.41, 5.74) is 8.59. The van der Waals surface area contributed by atoms with Gasteiger partial charge >= 0.3 is 0 Å². The van der Waals surface area contributed by atoms with Crippen LogP contribution in [0.5, 0.6) is 0 Å². The van der Waals surface area contributed by atoms with Gasteiger partial charge in [0.25, 0.3) is 0 Å². The van der Waals surface area contributed by atoms with Crippen LogP contribution < -0.4 is 5.73 Å². The minimum atomic E-state index is -0.244. The third kappa shape index (κ3) is 1.91. The summed E-state index contributed by atoms with van der Waals surface area (Å²) in [5.74, 6) is 0.504. The maximum atomic E-state index is 13.3. The summed E-state index contributed by atoms with van der Waals surface area (Å²) in [6.07, 6.45) is 0. The van der Waals surface area contributed by atoms with Crippen LogP contribution in [0.25, 0.3) is 26.6 Å². The van der Waals surface area contributed by atoms with E-state index in [-0.39, 0.29) is 5.82 Å². The molecule has 0 unspecified atom stereocenters. The lowest BCUT2D eigenvalue weighted by atomic mass is 10.1. The van der Waals surface area contributed by atoms with Gasteiger partial charge in [-0.25, -0.2) is 4.39 Å². The predicted octanol–water partition coefficient (Wildman–Crippen LogP) is 3.21. The van der Waals surface area contributed by atoms with Crippen LogP contribution in [0.3, 0.4) is 0 Å². The fourth-order valence-electron chi connectivity index (χ4n) is 2.43. The average Bonchev–Trinajstić information content (AvgIpc) is 3.05. The highest BCUT2D eigenvalue weighted by Gasteiger charge is 2.14. The highest BCUT2D eigenvalue weighted by Crippen LogP contribution is 2.30. The van der Waals surface area contributed by atoms with Crippen molar-refractivity contribution in [3.63, 3.8) is 0 Å². The molecule has 104 valence electrons. The number of nitrogens with two attached hydrogens (primary N) is 1. The minimum Gasteiger partial charge on any atom is -0.326 e. The topological polar surface area (TPSA) is 56.2 Å². The molecule has 0 atom stereocenters. The van der Waals surface area contributed by atoms with Gasteiger partial charge in [0.05, 0.1) is 10.2 Å². The zero-order valence-electron chi connectivity index (χ0n) is 11.0. The van der Waals surface area contributed by atoms with E-state index in [4.69, 9.17) is 5.73 Å². The number of hydrogen-bond acceptors (Lipinski definition) is 4. The van der Waals surface area contributed by atoms with Gasteiger partial charge in [0, 0.05) is 12.1 Å². The number of nitrogens with zero attached hydrogens (tertiary/aromatic N) is 3. The van der Waals surface area contributed by atoms with Crippen molar-refractivity contribution in [2.75, 3.05) is 0 Å². The van der Waals surface area contributed by atoms with Gasteiger partial charge < -0.3 is 5.73 Å². The van der Waals surface area contributed by atoms with Crippen molar-refractivity contribution < 1.29 is 4.39 Å². The summed E-state index contributed by atoms with van der Waals surface area (Å²) < 4.78 is 16.2. The lowest BCUT2D eigenvalue weighted by molar-refractivity contribution is 0.630. The monoisotopic (exact) mass is 298 g/mol. The molecule has 0 radical (unpaired) electrons. The van der Waals surface area contributed by atoms with Gasteiger partial charge in [0.2, 0.25) is 4.96 Å². The first-order valence-corrected chi connectivity index (χ1v) is 7.30. The molecule has 2 aromatic carbocycles. The van der Waals surface area contributed by atoms with Crippen LogP contribution in [-0.2, 0) is 6.54 Å². The van der Waals surface area contributed by atoms with E-state index in [1.54, 1.807) is 6.07 Å². The van der Waals surface area contributed by atoms with Gasteiger partial charge in [-0.1, -0.05) is 29.5 Å². The summed E-state index contributed by atoms with van der Waals surface area (Å²) in [5, 5.41) is 8.46.